The van der Waals surface area contributed by atoms with Gasteiger partial charge in [-0.05, 0) is 49.3 Å². The van der Waals surface area contributed by atoms with Crippen LogP contribution in [0.4, 0.5) is 8.78 Å². The average molecular weight is 295 g/mol. The summed E-state index contributed by atoms with van der Waals surface area (Å²) in [5.41, 5.74) is 0.439. The average Bonchev–Trinajstić information content (AvgIpc) is 2.47. The first-order valence-corrected chi connectivity index (χ1v) is 7.95. The molecule has 1 aromatic carbocycles. The van der Waals surface area contributed by atoms with Crippen LogP contribution < -0.4 is 5.32 Å². The van der Waals surface area contributed by atoms with Crippen molar-refractivity contribution < 1.29 is 13.5 Å². The Morgan fingerprint density at radius 1 is 1.19 bits per heavy atom. The molecular formula is C17H23F2NO. The third kappa shape index (κ3) is 3.27. The van der Waals surface area contributed by atoms with Crippen LogP contribution >= 0.6 is 0 Å². The Labute approximate surface area is 124 Å². The number of hydrogen-bond acceptors (Lipinski definition) is 2. The normalized spacial score (nSPS) is 33.3. The number of rotatable bonds is 2. The van der Waals surface area contributed by atoms with E-state index in [0.717, 1.165) is 31.4 Å². The lowest BCUT2D eigenvalue weighted by molar-refractivity contribution is -0.141. The van der Waals surface area contributed by atoms with Crippen LogP contribution in [0.15, 0.2) is 18.2 Å². The molecule has 0 bridgehead atoms. The first kappa shape index (κ1) is 14.9. The molecule has 1 N–H and O–H groups in total. The van der Waals surface area contributed by atoms with E-state index < -0.39 is 11.6 Å². The van der Waals surface area contributed by atoms with E-state index >= 15 is 0 Å². The van der Waals surface area contributed by atoms with Crippen LogP contribution in [0, 0.1) is 17.6 Å². The maximum absolute atomic E-state index is 13.4. The third-order valence-electron chi connectivity index (χ3n) is 5.02. The molecular weight excluding hydrogens is 272 g/mol. The first-order chi connectivity index (χ1) is 10.1. The Balaban J connectivity index is 1.74. The van der Waals surface area contributed by atoms with Crippen LogP contribution in [0.25, 0.3) is 0 Å². The number of hydrogen-bond donors (Lipinski definition) is 1. The zero-order chi connectivity index (χ0) is 14.9. The van der Waals surface area contributed by atoms with Gasteiger partial charge < -0.3 is 10.1 Å². The molecule has 0 amide bonds. The van der Waals surface area contributed by atoms with Crippen molar-refractivity contribution in [1.82, 2.24) is 5.32 Å². The molecule has 1 atom stereocenters. The number of ether oxygens (including phenoxy) is 1. The van der Waals surface area contributed by atoms with Gasteiger partial charge in [-0.2, -0.15) is 0 Å². The smallest absolute Gasteiger partial charge is 0.126 e. The molecule has 116 valence electrons. The lowest BCUT2D eigenvalue weighted by Crippen LogP contribution is -2.52. The van der Waals surface area contributed by atoms with Gasteiger partial charge in [0, 0.05) is 19.2 Å². The van der Waals surface area contributed by atoms with Crippen LogP contribution in [0.2, 0.25) is 0 Å². The maximum Gasteiger partial charge on any atom is 0.126 e. The Bertz CT molecular complexity index is 477. The molecule has 2 nitrogen and oxygen atoms in total. The van der Waals surface area contributed by atoms with E-state index in [-0.39, 0.29) is 11.7 Å². The highest BCUT2D eigenvalue weighted by Crippen LogP contribution is 2.40. The summed E-state index contributed by atoms with van der Waals surface area (Å²) >= 11 is 0. The van der Waals surface area contributed by atoms with E-state index in [1.165, 1.54) is 31.4 Å². The molecule has 0 aromatic heterocycles. The predicted octanol–water partition coefficient (Wildman–Crippen LogP) is 3.96. The van der Waals surface area contributed by atoms with Gasteiger partial charge in [0.25, 0.3) is 0 Å². The van der Waals surface area contributed by atoms with Gasteiger partial charge in [0.1, 0.15) is 11.6 Å². The van der Waals surface area contributed by atoms with E-state index in [2.05, 4.69) is 12.2 Å². The first-order valence-electron chi connectivity index (χ1n) is 7.95. The van der Waals surface area contributed by atoms with Crippen molar-refractivity contribution in [2.45, 2.75) is 50.7 Å². The second kappa shape index (κ2) is 6.01. The monoisotopic (exact) mass is 295 g/mol. The van der Waals surface area contributed by atoms with Gasteiger partial charge in [-0.1, -0.05) is 13.3 Å². The molecule has 2 fully saturated rings. The second-order valence-corrected chi connectivity index (χ2v) is 6.47. The highest BCUT2D eigenvalue weighted by atomic mass is 19.1. The van der Waals surface area contributed by atoms with Gasteiger partial charge in [0.15, 0.2) is 0 Å². The summed E-state index contributed by atoms with van der Waals surface area (Å²) in [6.45, 7) is 3.69. The zero-order valence-corrected chi connectivity index (χ0v) is 12.5. The van der Waals surface area contributed by atoms with Crippen molar-refractivity contribution in [3.05, 3.63) is 35.4 Å². The minimum Gasteiger partial charge on any atom is -0.364 e. The van der Waals surface area contributed by atoms with E-state index in [4.69, 9.17) is 4.74 Å². The number of benzene rings is 1. The molecule has 1 heterocycles. The zero-order valence-electron chi connectivity index (χ0n) is 12.5. The predicted molar refractivity (Wildman–Crippen MR) is 78.0 cm³/mol. The molecule has 1 saturated carbocycles. The maximum atomic E-state index is 13.4. The quantitative estimate of drug-likeness (QED) is 0.891. The van der Waals surface area contributed by atoms with Gasteiger partial charge in [-0.3, -0.25) is 0 Å². The fourth-order valence-corrected chi connectivity index (χ4v) is 3.67. The largest absolute Gasteiger partial charge is 0.364 e. The lowest BCUT2D eigenvalue weighted by atomic mass is 9.77. The van der Waals surface area contributed by atoms with Gasteiger partial charge in [0.05, 0.1) is 11.7 Å². The highest BCUT2D eigenvalue weighted by Gasteiger charge is 2.40. The lowest BCUT2D eigenvalue weighted by Gasteiger charge is -2.46. The van der Waals surface area contributed by atoms with Gasteiger partial charge in [-0.25, -0.2) is 8.78 Å². The molecule has 1 spiro atoms. The highest BCUT2D eigenvalue weighted by molar-refractivity contribution is 5.21. The summed E-state index contributed by atoms with van der Waals surface area (Å²) in [4.78, 5) is 0. The molecule has 0 radical (unpaired) electrons. The van der Waals surface area contributed by atoms with Crippen LogP contribution in [0.1, 0.15) is 50.7 Å². The SMILES string of the molecule is CCC1CCC2(CC1)CNCC(c1cc(F)cc(F)c1)O2. The number of nitrogens with one attached hydrogen (secondary N) is 1. The van der Waals surface area contributed by atoms with Crippen molar-refractivity contribution in [2.75, 3.05) is 13.1 Å². The van der Waals surface area contributed by atoms with E-state index in [1.807, 2.05) is 0 Å². The van der Waals surface area contributed by atoms with Gasteiger partial charge in [0.2, 0.25) is 0 Å². The van der Waals surface area contributed by atoms with Gasteiger partial charge >= 0.3 is 0 Å². The third-order valence-corrected chi connectivity index (χ3v) is 5.02. The fraction of sp³-hybridized carbons (Fsp3) is 0.647. The topological polar surface area (TPSA) is 21.3 Å². The molecule has 2 aliphatic rings. The van der Waals surface area contributed by atoms with Crippen molar-refractivity contribution in [1.29, 1.82) is 0 Å². The van der Waals surface area contributed by atoms with E-state index in [9.17, 15) is 8.78 Å². The van der Waals surface area contributed by atoms with Crippen molar-refractivity contribution in [3.8, 4) is 0 Å². The minimum atomic E-state index is -0.539. The Morgan fingerprint density at radius 3 is 2.48 bits per heavy atom. The summed E-state index contributed by atoms with van der Waals surface area (Å²) in [7, 11) is 0. The Morgan fingerprint density at radius 2 is 1.86 bits per heavy atom. The Kier molecular flexibility index (Phi) is 4.27. The van der Waals surface area contributed by atoms with Crippen LogP contribution in [0.5, 0.6) is 0 Å². The summed E-state index contributed by atoms with van der Waals surface area (Å²) in [5, 5.41) is 3.40. The van der Waals surface area contributed by atoms with Crippen LogP contribution in [-0.4, -0.2) is 18.7 Å². The van der Waals surface area contributed by atoms with Gasteiger partial charge in [-0.15, -0.1) is 0 Å². The molecule has 1 aliphatic carbocycles. The molecule has 1 saturated heterocycles. The standard InChI is InChI=1S/C17H23F2NO/c1-2-12-3-5-17(6-4-12)11-20-10-16(21-17)13-7-14(18)9-15(19)8-13/h7-9,12,16,20H,2-6,10-11H2,1H3. The van der Waals surface area contributed by atoms with Crippen molar-refractivity contribution in [2.24, 2.45) is 5.92 Å². The number of halogens is 2. The van der Waals surface area contributed by atoms with E-state index in [1.54, 1.807) is 0 Å². The van der Waals surface area contributed by atoms with Crippen LogP contribution in [0.3, 0.4) is 0 Å². The van der Waals surface area contributed by atoms with Crippen molar-refractivity contribution in [3.63, 3.8) is 0 Å². The molecule has 1 aliphatic heterocycles. The molecule has 4 heteroatoms. The number of morpholine rings is 1. The molecule has 21 heavy (non-hydrogen) atoms. The molecule has 1 unspecified atom stereocenters. The summed E-state index contributed by atoms with van der Waals surface area (Å²) < 4.78 is 33.1. The minimum absolute atomic E-state index is 0.155. The molecule has 1 aromatic rings. The Hall–Kier alpha value is -1.00. The summed E-state index contributed by atoms with van der Waals surface area (Å²) in [6, 6.07) is 3.67. The van der Waals surface area contributed by atoms with Crippen molar-refractivity contribution >= 4 is 0 Å². The molecule has 3 rings (SSSR count). The second-order valence-electron chi connectivity index (χ2n) is 6.47. The van der Waals surface area contributed by atoms with Crippen LogP contribution in [-0.2, 0) is 4.74 Å². The van der Waals surface area contributed by atoms with E-state index in [0.29, 0.717) is 12.1 Å². The summed E-state index contributed by atoms with van der Waals surface area (Å²) in [6.07, 6.45) is 5.40. The summed E-state index contributed by atoms with van der Waals surface area (Å²) in [5.74, 6) is -0.281. The fourth-order valence-electron chi connectivity index (χ4n) is 3.67.